The molecule has 0 bridgehead atoms. The molecule has 1 fully saturated rings. The van der Waals surface area contributed by atoms with Crippen LogP contribution in [0.25, 0.3) is 0 Å². The number of hydrogen-bond donors (Lipinski definition) is 1. The fourth-order valence-corrected chi connectivity index (χ4v) is 3.76. The SMILES string of the molecule is O=C(Nc1ccc2c(c1)N(C(=O)C1CCCO1)CC2)c1ccccc1C(F)(F)F. The summed E-state index contributed by atoms with van der Waals surface area (Å²) >= 11 is 0. The van der Waals surface area contributed by atoms with E-state index in [0.717, 1.165) is 24.1 Å². The van der Waals surface area contributed by atoms with E-state index in [2.05, 4.69) is 5.32 Å². The van der Waals surface area contributed by atoms with Gasteiger partial charge in [-0.25, -0.2) is 0 Å². The number of ether oxygens (including phenoxy) is 1. The minimum atomic E-state index is -4.63. The van der Waals surface area contributed by atoms with Gasteiger partial charge in [0.15, 0.2) is 0 Å². The summed E-state index contributed by atoms with van der Waals surface area (Å²) in [7, 11) is 0. The lowest BCUT2D eigenvalue weighted by atomic mass is 10.1. The number of carbonyl (C=O) groups excluding carboxylic acids is 2. The maximum atomic E-state index is 13.2. The first-order chi connectivity index (χ1) is 13.8. The van der Waals surface area contributed by atoms with Gasteiger partial charge >= 0.3 is 6.18 Å². The zero-order valence-electron chi connectivity index (χ0n) is 15.5. The Morgan fingerprint density at radius 1 is 1.14 bits per heavy atom. The van der Waals surface area contributed by atoms with Gasteiger partial charge in [0, 0.05) is 24.5 Å². The number of carbonyl (C=O) groups is 2. The number of anilines is 2. The van der Waals surface area contributed by atoms with Gasteiger partial charge in [-0.2, -0.15) is 13.2 Å². The van der Waals surface area contributed by atoms with Gasteiger partial charge in [-0.1, -0.05) is 18.2 Å². The molecule has 2 amide bonds. The summed E-state index contributed by atoms with van der Waals surface area (Å²) in [6.45, 7) is 1.08. The van der Waals surface area contributed by atoms with Crippen LogP contribution in [0.5, 0.6) is 0 Å². The van der Waals surface area contributed by atoms with Gasteiger partial charge < -0.3 is 15.0 Å². The molecule has 2 aromatic carbocycles. The minimum Gasteiger partial charge on any atom is -0.368 e. The maximum Gasteiger partial charge on any atom is 0.417 e. The van der Waals surface area contributed by atoms with Crippen LogP contribution in [0.2, 0.25) is 0 Å². The fraction of sp³-hybridized carbons (Fsp3) is 0.333. The largest absolute Gasteiger partial charge is 0.417 e. The summed E-state index contributed by atoms with van der Waals surface area (Å²) in [5.41, 5.74) is 0.497. The molecule has 0 radical (unpaired) electrons. The number of hydrogen-bond acceptors (Lipinski definition) is 3. The number of rotatable bonds is 3. The smallest absolute Gasteiger partial charge is 0.368 e. The van der Waals surface area contributed by atoms with Crippen molar-refractivity contribution in [3.8, 4) is 0 Å². The van der Waals surface area contributed by atoms with Crippen molar-refractivity contribution in [3.63, 3.8) is 0 Å². The molecule has 0 spiro atoms. The van der Waals surface area contributed by atoms with E-state index in [-0.39, 0.29) is 5.91 Å². The number of amides is 2. The summed E-state index contributed by atoms with van der Waals surface area (Å²) in [6, 6.07) is 9.68. The molecule has 0 aliphatic carbocycles. The maximum absolute atomic E-state index is 13.2. The lowest BCUT2D eigenvalue weighted by Crippen LogP contribution is -2.37. The highest BCUT2D eigenvalue weighted by Crippen LogP contribution is 2.34. The molecule has 29 heavy (non-hydrogen) atoms. The zero-order chi connectivity index (χ0) is 20.6. The van der Waals surface area contributed by atoms with Gasteiger partial charge in [0.2, 0.25) is 0 Å². The zero-order valence-corrected chi connectivity index (χ0v) is 15.5. The third-order valence-electron chi connectivity index (χ3n) is 5.19. The molecule has 0 saturated carbocycles. The van der Waals surface area contributed by atoms with E-state index in [0.29, 0.717) is 37.4 Å². The van der Waals surface area contributed by atoms with Crippen molar-refractivity contribution in [2.24, 2.45) is 0 Å². The molecule has 2 aliphatic rings. The van der Waals surface area contributed by atoms with Crippen LogP contribution in [0.15, 0.2) is 42.5 Å². The molecular formula is C21H19F3N2O3. The predicted octanol–water partition coefficient (Wildman–Crippen LogP) is 4.03. The summed E-state index contributed by atoms with van der Waals surface area (Å²) in [6.07, 6.45) is -2.89. The Morgan fingerprint density at radius 2 is 1.93 bits per heavy atom. The molecule has 2 heterocycles. The molecule has 8 heteroatoms. The second-order valence-corrected chi connectivity index (χ2v) is 7.08. The second-order valence-electron chi connectivity index (χ2n) is 7.08. The molecule has 0 aromatic heterocycles. The van der Waals surface area contributed by atoms with Crippen LogP contribution in [-0.4, -0.2) is 31.1 Å². The average Bonchev–Trinajstić information content (AvgIpc) is 3.36. The number of nitrogens with zero attached hydrogens (tertiary/aromatic N) is 1. The van der Waals surface area contributed by atoms with Crippen LogP contribution in [-0.2, 0) is 22.1 Å². The lowest BCUT2D eigenvalue weighted by Gasteiger charge is -2.21. The van der Waals surface area contributed by atoms with Crippen molar-refractivity contribution < 1.29 is 27.5 Å². The Labute approximate surface area is 165 Å². The van der Waals surface area contributed by atoms with E-state index in [9.17, 15) is 22.8 Å². The Balaban J connectivity index is 1.57. The Morgan fingerprint density at radius 3 is 2.66 bits per heavy atom. The Hall–Kier alpha value is -2.87. The molecule has 1 atom stereocenters. The normalized spacial score (nSPS) is 18.6. The van der Waals surface area contributed by atoms with E-state index in [1.165, 1.54) is 12.1 Å². The molecular weight excluding hydrogens is 385 g/mol. The third-order valence-corrected chi connectivity index (χ3v) is 5.19. The highest BCUT2D eigenvalue weighted by molar-refractivity contribution is 6.06. The van der Waals surface area contributed by atoms with Crippen molar-refractivity contribution in [1.82, 2.24) is 0 Å². The van der Waals surface area contributed by atoms with E-state index in [1.807, 2.05) is 0 Å². The van der Waals surface area contributed by atoms with Gasteiger partial charge in [-0.05, 0) is 49.1 Å². The Kier molecular flexibility index (Phi) is 5.04. The van der Waals surface area contributed by atoms with Crippen LogP contribution in [0.3, 0.4) is 0 Å². The Bertz CT molecular complexity index is 952. The highest BCUT2D eigenvalue weighted by Gasteiger charge is 2.35. The molecule has 5 nitrogen and oxygen atoms in total. The van der Waals surface area contributed by atoms with Crippen LogP contribution in [0, 0.1) is 0 Å². The van der Waals surface area contributed by atoms with Gasteiger partial charge in [-0.3, -0.25) is 9.59 Å². The van der Waals surface area contributed by atoms with Gasteiger partial charge in [-0.15, -0.1) is 0 Å². The highest BCUT2D eigenvalue weighted by atomic mass is 19.4. The lowest BCUT2D eigenvalue weighted by molar-refractivity contribution is -0.137. The van der Waals surface area contributed by atoms with E-state index < -0.39 is 29.3 Å². The topological polar surface area (TPSA) is 58.6 Å². The third kappa shape index (κ3) is 3.85. The van der Waals surface area contributed by atoms with Crippen molar-refractivity contribution >= 4 is 23.2 Å². The van der Waals surface area contributed by atoms with Gasteiger partial charge in [0.05, 0.1) is 11.1 Å². The van der Waals surface area contributed by atoms with Crippen LogP contribution in [0.4, 0.5) is 24.5 Å². The van der Waals surface area contributed by atoms with Crippen molar-refractivity contribution in [2.45, 2.75) is 31.5 Å². The van der Waals surface area contributed by atoms with Crippen LogP contribution >= 0.6 is 0 Å². The summed E-state index contributed by atoms with van der Waals surface area (Å²) in [4.78, 5) is 26.8. The van der Waals surface area contributed by atoms with Crippen LogP contribution < -0.4 is 10.2 Å². The summed E-state index contributed by atoms with van der Waals surface area (Å²) in [5.74, 6) is -0.972. The first-order valence-electron chi connectivity index (χ1n) is 9.38. The molecule has 2 aromatic rings. The quantitative estimate of drug-likeness (QED) is 0.841. The standard InChI is InChI=1S/C21H19F3N2O3/c22-21(23,24)16-5-2-1-4-15(16)19(27)25-14-8-7-13-9-10-26(17(13)12-14)20(28)18-6-3-11-29-18/h1-2,4-5,7-8,12,18H,3,6,9-11H2,(H,25,27). The minimum absolute atomic E-state index is 0.118. The first kappa shape index (κ1) is 19.4. The number of fused-ring (bicyclic) bond motifs is 1. The van der Waals surface area contributed by atoms with Gasteiger partial charge in [0.25, 0.3) is 11.8 Å². The molecule has 2 aliphatic heterocycles. The van der Waals surface area contributed by atoms with Crippen molar-refractivity contribution in [3.05, 3.63) is 59.2 Å². The summed E-state index contributed by atoms with van der Waals surface area (Å²) in [5, 5.41) is 2.52. The van der Waals surface area contributed by atoms with E-state index in [1.54, 1.807) is 23.1 Å². The monoisotopic (exact) mass is 404 g/mol. The number of alkyl halides is 3. The van der Waals surface area contributed by atoms with E-state index >= 15 is 0 Å². The fourth-order valence-electron chi connectivity index (χ4n) is 3.76. The van der Waals surface area contributed by atoms with Crippen molar-refractivity contribution in [2.75, 3.05) is 23.4 Å². The molecule has 4 rings (SSSR count). The summed E-state index contributed by atoms with van der Waals surface area (Å²) < 4.78 is 45.0. The molecule has 152 valence electrons. The molecule has 1 unspecified atom stereocenters. The predicted molar refractivity (Wildman–Crippen MR) is 101 cm³/mol. The van der Waals surface area contributed by atoms with Crippen LogP contribution in [0.1, 0.15) is 34.3 Å². The average molecular weight is 404 g/mol. The van der Waals surface area contributed by atoms with Crippen molar-refractivity contribution in [1.29, 1.82) is 0 Å². The molecule has 1 saturated heterocycles. The number of halogens is 3. The second kappa shape index (κ2) is 7.51. The number of nitrogens with one attached hydrogen (secondary N) is 1. The van der Waals surface area contributed by atoms with Gasteiger partial charge in [0.1, 0.15) is 6.10 Å². The number of benzene rings is 2. The first-order valence-corrected chi connectivity index (χ1v) is 9.38. The molecule has 1 N–H and O–H groups in total. The van der Waals surface area contributed by atoms with E-state index in [4.69, 9.17) is 4.74 Å².